The van der Waals surface area contributed by atoms with Crippen molar-refractivity contribution in [2.75, 3.05) is 19.7 Å². The number of rotatable bonds is 8. The summed E-state index contributed by atoms with van der Waals surface area (Å²) in [5, 5.41) is 10.1. The van der Waals surface area contributed by atoms with Gasteiger partial charge in [-0.3, -0.25) is 0 Å². The van der Waals surface area contributed by atoms with Crippen molar-refractivity contribution in [3.05, 3.63) is 24.4 Å². The van der Waals surface area contributed by atoms with Gasteiger partial charge in [-0.15, -0.1) is 30.6 Å². The minimum Gasteiger partial charge on any atom is -0.371 e. The van der Waals surface area contributed by atoms with Crippen LogP contribution in [0.2, 0.25) is 0 Å². The van der Waals surface area contributed by atoms with Crippen LogP contribution in [-0.4, -0.2) is 35.8 Å². The first-order valence-corrected chi connectivity index (χ1v) is 6.78. The summed E-state index contributed by atoms with van der Waals surface area (Å²) in [6.07, 6.45) is 1.59. The topological polar surface area (TPSA) is 84.6 Å². The average molecular weight is 409 g/mol. The lowest BCUT2D eigenvalue weighted by Crippen LogP contribution is -2.37. The number of guanidine groups is 1. The Labute approximate surface area is 142 Å². The lowest BCUT2D eigenvalue weighted by Gasteiger charge is -2.08. The van der Waals surface area contributed by atoms with Crippen molar-refractivity contribution in [2.45, 2.75) is 33.4 Å². The Morgan fingerprint density at radius 3 is 2.86 bits per heavy atom. The summed E-state index contributed by atoms with van der Waals surface area (Å²) < 4.78 is 10.5. The van der Waals surface area contributed by atoms with Crippen LogP contribution >= 0.6 is 24.0 Å². The molecular weight excluding hydrogens is 385 g/mol. The van der Waals surface area contributed by atoms with Gasteiger partial charge in [0.15, 0.2) is 11.8 Å². The predicted molar refractivity (Wildman–Crippen MR) is 92.8 cm³/mol. The highest BCUT2D eigenvalue weighted by molar-refractivity contribution is 14.0. The van der Waals surface area contributed by atoms with Gasteiger partial charge in [0, 0.05) is 19.7 Å². The molecule has 2 N–H and O–H groups in total. The molecule has 0 fully saturated rings. The largest absolute Gasteiger partial charge is 0.371 e. The van der Waals surface area contributed by atoms with Gasteiger partial charge in [-0.05, 0) is 20.8 Å². The fourth-order valence-electron chi connectivity index (χ4n) is 1.48. The molecule has 1 heterocycles. The summed E-state index contributed by atoms with van der Waals surface area (Å²) >= 11 is 0. The third-order valence-electron chi connectivity index (χ3n) is 2.39. The first kappa shape index (κ1) is 19.8. The molecule has 0 saturated heterocycles. The van der Waals surface area contributed by atoms with Gasteiger partial charge in [-0.25, -0.2) is 4.99 Å². The maximum atomic E-state index is 5.40. The SMILES string of the molecule is C=CCNC(=NCc1nc(C(C)OCC)no1)NCC.I. The van der Waals surface area contributed by atoms with Crippen LogP contribution in [0.4, 0.5) is 0 Å². The maximum Gasteiger partial charge on any atom is 0.248 e. The van der Waals surface area contributed by atoms with Crippen molar-refractivity contribution >= 4 is 29.9 Å². The Hall–Kier alpha value is -1.16. The summed E-state index contributed by atoms with van der Waals surface area (Å²) in [5.74, 6) is 1.69. The molecule has 1 atom stereocenters. The molecule has 0 saturated carbocycles. The molecule has 120 valence electrons. The molecule has 0 aliphatic rings. The lowest BCUT2D eigenvalue weighted by atomic mass is 10.4. The number of hydrogen-bond donors (Lipinski definition) is 2. The molecule has 0 bridgehead atoms. The highest BCUT2D eigenvalue weighted by atomic mass is 127. The van der Waals surface area contributed by atoms with Crippen molar-refractivity contribution in [1.82, 2.24) is 20.8 Å². The van der Waals surface area contributed by atoms with E-state index in [1.807, 2.05) is 20.8 Å². The highest BCUT2D eigenvalue weighted by Crippen LogP contribution is 2.12. The second-order valence-corrected chi connectivity index (χ2v) is 4.01. The van der Waals surface area contributed by atoms with Crippen molar-refractivity contribution in [3.63, 3.8) is 0 Å². The van der Waals surface area contributed by atoms with Crippen molar-refractivity contribution in [2.24, 2.45) is 4.99 Å². The van der Waals surface area contributed by atoms with Gasteiger partial charge in [-0.2, -0.15) is 4.98 Å². The molecule has 8 heteroatoms. The molecule has 1 rings (SSSR count). The zero-order valence-electron chi connectivity index (χ0n) is 12.8. The second kappa shape index (κ2) is 11.5. The van der Waals surface area contributed by atoms with Crippen molar-refractivity contribution < 1.29 is 9.26 Å². The molecule has 0 spiro atoms. The van der Waals surface area contributed by atoms with Crippen LogP contribution in [0.1, 0.15) is 38.6 Å². The number of nitrogens with zero attached hydrogens (tertiary/aromatic N) is 3. The van der Waals surface area contributed by atoms with Crippen LogP contribution in [0.25, 0.3) is 0 Å². The van der Waals surface area contributed by atoms with Gasteiger partial charge in [0.2, 0.25) is 5.89 Å². The molecular formula is C13H24IN5O2. The summed E-state index contributed by atoms with van der Waals surface area (Å²) in [4.78, 5) is 8.61. The fourth-order valence-corrected chi connectivity index (χ4v) is 1.48. The quantitative estimate of drug-likeness (QED) is 0.296. The minimum absolute atomic E-state index is 0. The first-order chi connectivity index (χ1) is 9.71. The van der Waals surface area contributed by atoms with Crippen LogP contribution in [0, 0.1) is 0 Å². The Morgan fingerprint density at radius 2 is 2.24 bits per heavy atom. The molecule has 0 radical (unpaired) electrons. The predicted octanol–water partition coefficient (Wildman–Crippen LogP) is 2.03. The van der Waals surface area contributed by atoms with E-state index >= 15 is 0 Å². The average Bonchev–Trinajstić information content (AvgIpc) is 2.91. The van der Waals surface area contributed by atoms with Crippen molar-refractivity contribution in [1.29, 1.82) is 0 Å². The second-order valence-electron chi connectivity index (χ2n) is 4.01. The summed E-state index contributed by atoms with van der Waals surface area (Å²) in [6, 6.07) is 0. The molecule has 0 aromatic carbocycles. The zero-order chi connectivity index (χ0) is 14.8. The number of aromatic nitrogens is 2. The van der Waals surface area contributed by atoms with E-state index in [1.165, 1.54) is 0 Å². The van der Waals surface area contributed by atoms with E-state index in [4.69, 9.17) is 9.26 Å². The smallest absolute Gasteiger partial charge is 0.248 e. The van der Waals surface area contributed by atoms with Gasteiger partial charge in [-0.1, -0.05) is 11.2 Å². The molecule has 0 aliphatic heterocycles. The Bertz CT molecular complexity index is 436. The Morgan fingerprint density at radius 1 is 1.48 bits per heavy atom. The van der Waals surface area contributed by atoms with Crippen molar-refractivity contribution in [3.8, 4) is 0 Å². The number of ether oxygens (including phenoxy) is 1. The molecule has 1 aromatic heterocycles. The van der Waals surface area contributed by atoms with Crippen LogP contribution in [-0.2, 0) is 11.3 Å². The van der Waals surface area contributed by atoms with Gasteiger partial charge in [0.1, 0.15) is 12.6 Å². The van der Waals surface area contributed by atoms with Gasteiger partial charge >= 0.3 is 0 Å². The monoisotopic (exact) mass is 409 g/mol. The molecule has 0 amide bonds. The van der Waals surface area contributed by atoms with E-state index in [0.29, 0.717) is 37.4 Å². The number of halogens is 1. The van der Waals surface area contributed by atoms with E-state index in [9.17, 15) is 0 Å². The Balaban J connectivity index is 0.00000400. The van der Waals surface area contributed by atoms with E-state index in [0.717, 1.165) is 6.54 Å². The van der Waals surface area contributed by atoms with Gasteiger partial charge < -0.3 is 19.9 Å². The number of aliphatic imine (C=N–C) groups is 1. The standard InChI is InChI=1S/C13H23N5O2.HI/c1-5-8-15-13(14-6-2)16-9-11-17-12(18-20-11)10(4)19-7-3;/h5,10H,1,6-9H2,2-4H3,(H2,14,15,16);1H. The lowest BCUT2D eigenvalue weighted by molar-refractivity contribution is 0.0683. The van der Waals surface area contributed by atoms with E-state index in [-0.39, 0.29) is 30.1 Å². The third kappa shape index (κ3) is 7.42. The van der Waals surface area contributed by atoms with Crippen LogP contribution in [0.5, 0.6) is 0 Å². The molecule has 1 aromatic rings. The molecule has 1 unspecified atom stereocenters. The van der Waals surface area contributed by atoms with E-state index in [1.54, 1.807) is 6.08 Å². The molecule has 0 aliphatic carbocycles. The zero-order valence-corrected chi connectivity index (χ0v) is 15.1. The van der Waals surface area contributed by atoms with Crippen LogP contribution in [0.3, 0.4) is 0 Å². The van der Waals surface area contributed by atoms with Crippen LogP contribution in [0.15, 0.2) is 22.2 Å². The van der Waals surface area contributed by atoms with Crippen LogP contribution < -0.4 is 10.6 Å². The van der Waals surface area contributed by atoms with E-state index < -0.39 is 0 Å². The van der Waals surface area contributed by atoms with E-state index in [2.05, 4.69) is 32.3 Å². The highest BCUT2D eigenvalue weighted by Gasteiger charge is 2.13. The first-order valence-electron chi connectivity index (χ1n) is 6.78. The minimum atomic E-state index is -0.173. The third-order valence-corrected chi connectivity index (χ3v) is 2.39. The molecule has 7 nitrogen and oxygen atoms in total. The summed E-state index contributed by atoms with van der Waals surface area (Å²) in [6.45, 7) is 11.8. The Kier molecular flexibility index (Phi) is 10.9. The summed E-state index contributed by atoms with van der Waals surface area (Å²) in [7, 11) is 0. The molecule has 21 heavy (non-hydrogen) atoms. The fraction of sp³-hybridized carbons (Fsp3) is 0.615. The number of nitrogens with one attached hydrogen (secondary N) is 2. The normalized spacial score (nSPS) is 12.4. The maximum absolute atomic E-state index is 5.40. The van der Waals surface area contributed by atoms with Gasteiger partial charge in [0.05, 0.1) is 0 Å². The summed E-state index contributed by atoms with van der Waals surface area (Å²) in [5.41, 5.74) is 0. The number of hydrogen-bond acceptors (Lipinski definition) is 5. The van der Waals surface area contributed by atoms with Gasteiger partial charge in [0.25, 0.3) is 0 Å².